The third kappa shape index (κ3) is 4.46. The first-order chi connectivity index (χ1) is 8.17. The summed E-state index contributed by atoms with van der Waals surface area (Å²) in [6.07, 6.45) is 4.01. The Morgan fingerprint density at radius 2 is 2.29 bits per heavy atom. The molecule has 0 aromatic carbocycles. The van der Waals surface area contributed by atoms with Crippen LogP contribution in [0.5, 0.6) is 0 Å². The van der Waals surface area contributed by atoms with Crippen molar-refractivity contribution < 1.29 is 4.79 Å². The number of hydrogen-bond donors (Lipinski definition) is 2. The van der Waals surface area contributed by atoms with Crippen molar-refractivity contribution in [1.82, 2.24) is 20.4 Å². The van der Waals surface area contributed by atoms with Gasteiger partial charge >= 0.3 is 6.03 Å². The molecular formula is C12H22N4O. The van der Waals surface area contributed by atoms with Crippen LogP contribution in [0.4, 0.5) is 4.79 Å². The summed E-state index contributed by atoms with van der Waals surface area (Å²) in [4.78, 5) is 11.5. The highest BCUT2D eigenvalue weighted by Crippen LogP contribution is 2.08. The van der Waals surface area contributed by atoms with Gasteiger partial charge in [0.1, 0.15) is 0 Å². The quantitative estimate of drug-likeness (QED) is 0.745. The van der Waals surface area contributed by atoms with Crippen LogP contribution in [0.15, 0.2) is 12.3 Å². The molecule has 1 aromatic rings. The second kappa shape index (κ2) is 6.93. The Morgan fingerprint density at radius 3 is 2.88 bits per heavy atom. The molecule has 96 valence electrons. The first-order valence-electron chi connectivity index (χ1n) is 6.25. The first-order valence-corrected chi connectivity index (χ1v) is 6.25. The highest BCUT2D eigenvalue weighted by atomic mass is 16.2. The summed E-state index contributed by atoms with van der Waals surface area (Å²) in [7, 11) is 0. The summed E-state index contributed by atoms with van der Waals surface area (Å²) >= 11 is 0. The van der Waals surface area contributed by atoms with Crippen LogP contribution in [0.1, 0.15) is 45.3 Å². The molecule has 0 aliphatic rings. The van der Waals surface area contributed by atoms with Crippen molar-refractivity contribution in [3.63, 3.8) is 0 Å². The zero-order chi connectivity index (χ0) is 12.7. The topological polar surface area (TPSA) is 59.0 Å². The number of urea groups is 1. The van der Waals surface area contributed by atoms with E-state index in [2.05, 4.69) is 22.7 Å². The number of hydrogen-bond acceptors (Lipinski definition) is 2. The number of nitrogens with zero attached hydrogens (tertiary/aromatic N) is 2. The van der Waals surface area contributed by atoms with Gasteiger partial charge in [0.25, 0.3) is 0 Å². The van der Waals surface area contributed by atoms with Crippen LogP contribution in [0.25, 0.3) is 0 Å². The summed E-state index contributed by atoms with van der Waals surface area (Å²) in [5.41, 5.74) is 0.887. The van der Waals surface area contributed by atoms with Gasteiger partial charge in [-0.15, -0.1) is 0 Å². The molecule has 0 radical (unpaired) electrons. The van der Waals surface area contributed by atoms with Crippen molar-refractivity contribution >= 4 is 6.03 Å². The molecule has 1 aromatic heterocycles. The molecule has 17 heavy (non-hydrogen) atoms. The Balaban J connectivity index is 2.37. The lowest BCUT2D eigenvalue weighted by Gasteiger charge is -2.12. The number of carbonyl (C=O) groups is 1. The van der Waals surface area contributed by atoms with E-state index in [1.165, 1.54) is 0 Å². The van der Waals surface area contributed by atoms with Gasteiger partial charge in [-0.2, -0.15) is 5.10 Å². The molecule has 0 saturated heterocycles. The molecule has 1 heterocycles. The Labute approximate surface area is 103 Å². The molecule has 5 nitrogen and oxygen atoms in total. The maximum absolute atomic E-state index is 11.5. The van der Waals surface area contributed by atoms with Crippen LogP contribution in [0, 0.1) is 0 Å². The Morgan fingerprint density at radius 1 is 1.53 bits per heavy atom. The van der Waals surface area contributed by atoms with Gasteiger partial charge in [-0.1, -0.05) is 13.3 Å². The summed E-state index contributed by atoms with van der Waals surface area (Å²) in [5, 5.41) is 10.0. The van der Waals surface area contributed by atoms with Gasteiger partial charge in [-0.25, -0.2) is 4.79 Å². The lowest BCUT2D eigenvalue weighted by atomic mass is 10.2. The van der Waals surface area contributed by atoms with E-state index in [4.69, 9.17) is 0 Å². The molecule has 0 spiro atoms. The largest absolute Gasteiger partial charge is 0.338 e. The van der Waals surface area contributed by atoms with Crippen molar-refractivity contribution in [1.29, 1.82) is 0 Å². The maximum Gasteiger partial charge on any atom is 0.315 e. The number of aromatic nitrogens is 2. The minimum atomic E-state index is -0.128. The van der Waals surface area contributed by atoms with E-state index in [-0.39, 0.29) is 12.1 Å². The molecule has 1 rings (SSSR count). The standard InChI is InChI=1S/C12H22N4O/c1-4-6-8-13-12(17)14-10(3)11-7-9-16(5-2)15-11/h7,9-10H,4-6,8H2,1-3H3,(H2,13,14,17). The highest BCUT2D eigenvalue weighted by molar-refractivity contribution is 5.74. The average Bonchev–Trinajstić information content (AvgIpc) is 2.78. The maximum atomic E-state index is 11.5. The van der Waals surface area contributed by atoms with E-state index in [0.29, 0.717) is 0 Å². The van der Waals surface area contributed by atoms with E-state index in [9.17, 15) is 4.79 Å². The van der Waals surface area contributed by atoms with Crippen molar-refractivity contribution in [2.24, 2.45) is 0 Å². The molecular weight excluding hydrogens is 216 g/mol. The van der Waals surface area contributed by atoms with Crippen LogP contribution in [0.3, 0.4) is 0 Å². The fourth-order valence-corrected chi connectivity index (χ4v) is 1.48. The van der Waals surface area contributed by atoms with Crippen molar-refractivity contribution in [3.05, 3.63) is 18.0 Å². The Kier molecular flexibility index (Phi) is 5.52. The fourth-order valence-electron chi connectivity index (χ4n) is 1.48. The number of nitrogens with one attached hydrogen (secondary N) is 2. The molecule has 2 N–H and O–H groups in total. The summed E-state index contributed by atoms with van der Waals surface area (Å²) < 4.78 is 1.85. The minimum Gasteiger partial charge on any atom is -0.338 e. The monoisotopic (exact) mass is 238 g/mol. The molecule has 0 aliphatic heterocycles. The van der Waals surface area contributed by atoms with Gasteiger partial charge in [0, 0.05) is 19.3 Å². The number of unbranched alkanes of at least 4 members (excludes halogenated alkanes) is 1. The van der Waals surface area contributed by atoms with Gasteiger partial charge in [-0.3, -0.25) is 4.68 Å². The predicted octanol–water partition coefficient (Wildman–Crippen LogP) is 2.06. The van der Waals surface area contributed by atoms with Crippen LogP contribution in [-0.4, -0.2) is 22.4 Å². The van der Waals surface area contributed by atoms with Gasteiger partial charge in [0.15, 0.2) is 0 Å². The van der Waals surface area contributed by atoms with Crippen LogP contribution in [0.2, 0.25) is 0 Å². The van der Waals surface area contributed by atoms with E-state index in [0.717, 1.165) is 31.6 Å². The molecule has 5 heteroatoms. The zero-order valence-electron chi connectivity index (χ0n) is 10.9. The Hall–Kier alpha value is -1.52. The molecule has 0 aliphatic carbocycles. The third-order valence-electron chi connectivity index (χ3n) is 2.59. The van der Waals surface area contributed by atoms with E-state index in [1.807, 2.05) is 30.8 Å². The molecule has 0 saturated carbocycles. The smallest absolute Gasteiger partial charge is 0.315 e. The van der Waals surface area contributed by atoms with E-state index < -0.39 is 0 Å². The van der Waals surface area contributed by atoms with Crippen LogP contribution < -0.4 is 10.6 Å². The second-order valence-electron chi connectivity index (χ2n) is 4.07. The van der Waals surface area contributed by atoms with Crippen molar-refractivity contribution in [3.8, 4) is 0 Å². The van der Waals surface area contributed by atoms with E-state index in [1.54, 1.807) is 0 Å². The number of amides is 2. The average molecular weight is 238 g/mol. The van der Waals surface area contributed by atoms with Gasteiger partial charge in [-0.05, 0) is 26.3 Å². The van der Waals surface area contributed by atoms with Crippen LogP contribution >= 0.6 is 0 Å². The molecule has 1 atom stereocenters. The lowest BCUT2D eigenvalue weighted by Crippen LogP contribution is -2.37. The predicted molar refractivity (Wildman–Crippen MR) is 67.8 cm³/mol. The van der Waals surface area contributed by atoms with Crippen molar-refractivity contribution in [2.75, 3.05) is 6.54 Å². The van der Waals surface area contributed by atoms with Gasteiger partial charge in [0.05, 0.1) is 11.7 Å². The van der Waals surface area contributed by atoms with Crippen molar-refractivity contribution in [2.45, 2.75) is 46.2 Å². The number of aryl methyl sites for hydroxylation is 1. The molecule has 2 amide bonds. The Bertz CT molecular complexity index is 348. The van der Waals surface area contributed by atoms with E-state index >= 15 is 0 Å². The second-order valence-corrected chi connectivity index (χ2v) is 4.07. The summed E-state index contributed by atoms with van der Waals surface area (Å²) in [5.74, 6) is 0. The van der Waals surface area contributed by atoms with Gasteiger partial charge in [0.2, 0.25) is 0 Å². The normalized spacial score (nSPS) is 12.2. The summed E-state index contributed by atoms with van der Waals surface area (Å²) in [6, 6.07) is 1.74. The third-order valence-corrected chi connectivity index (χ3v) is 2.59. The number of rotatable bonds is 6. The summed E-state index contributed by atoms with van der Waals surface area (Å²) in [6.45, 7) is 7.63. The minimum absolute atomic E-state index is 0.0653. The zero-order valence-corrected chi connectivity index (χ0v) is 10.9. The van der Waals surface area contributed by atoms with Gasteiger partial charge < -0.3 is 10.6 Å². The highest BCUT2D eigenvalue weighted by Gasteiger charge is 2.11. The number of carbonyl (C=O) groups excluding carboxylic acids is 1. The SMILES string of the molecule is CCCCNC(=O)NC(C)c1ccn(CC)n1. The molecule has 0 fully saturated rings. The fraction of sp³-hybridized carbons (Fsp3) is 0.667. The lowest BCUT2D eigenvalue weighted by molar-refractivity contribution is 0.237. The van der Waals surface area contributed by atoms with Crippen LogP contribution in [-0.2, 0) is 6.54 Å². The molecule has 1 unspecified atom stereocenters. The molecule has 0 bridgehead atoms. The first kappa shape index (κ1) is 13.5.